The summed E-state index contributed by atoms with van der Waals surface area (Å²) in [7, 11) is 0. The highest BCUT2D eigenvalue weighted by Crippen LogP contribution is 2.15. The van der Waals surface area contributed by atoms with Crippen molar-refractivity contribution in [1.29, 1.82) is 0 Å². The summed E-state index contributed by atoms with van der Waals surface area (Å²) in [6.07, 6.45) is 0. The Kier molecular flexibility index (Phi) is 6.37. The van der Waals surface area contributed by atoms with Crippen LogP contribution in [0.15, 0.2) is 42.5 Å². The van der Waals surface area contributed by atoms with Crippen molar-refractivity contribution in [2.75, 3.05) is 22.1 Å². The number of hydrogen-bond donors (Lipinski definition) is 2. The standard InChI is InChI=1S/C18H19FN2O2S/c1-12-3-6-16(9-13(12)2)21-18(23)11-24-10-17(22)20-15-7-4-14(19)5-8-15/h3-9H,10-11H2,1-2H3,(H,20,22)(H,21,23). The fourth-order valence-electron chi connectivity index (χ4n) is 1.98. The number of carbonyl (C=O) groups is 2. The highest BCUT2D eigenvalue weighted by atomic mass is 32.2. The molecule has 2 amide bonds. The summed E-state index contributed by atoms with van der Waals surface area (Å²) in [6, 6.07) is 11.3. The number of anilines is 2. The Balaban J connectivity index is 1.72. The van der Waals surface area contributed by atoms with E-state index in [9.17, 15) is 14.0 Å². The molecule has 0 saturated carbocycles. The number of aryl methyl sites for hydroxylation is 2. The summed E-state index contributed by atoms with van der Waals surface area (Å²) in [5, 5.41) is 5.45. The highest BCUT2D eigenvalue weighted by molar-refractivity contribution is 8.00. The van der Waals surface area contributed by atoms with Crippen LogP contribution in [0.4, 0.5) is 15.8 Å². The first-order chi connectivity index (χ1) is 11.4. The van der Waals surface area contributed by atoms with Crippen molar-refractivity contribution in [1.82, 2.24) is 0 Å². The van der Waals surface area contributed by atoms with Gasteiger partial charge in [-0.25, -0.2) is 4.39 Å². The maximum atomic E-state index is 12.8. The van der Waals surface area contributed by atoms with E-state index < -0.39 is 0 Å². The lowest BCUT2D eigenvalue weighted by Gasteiger charge is -2.08. The molecule has 0 aliphatic carbocycles. The average Bonchev–Trinajstić information content (AvgIpc) is 2.53. The van der Waals surface area contributed by atoms with E-state index in [4.69, 9.17) is 0 Å². The fraction of sp³-hybridized carbons (Fsp3) is 0.222. The maximum absolute atomic E-state index is 12.8. The van der Waals surface area contributed by atoms with Crippen LogP contribution in [0.25, 0.3) is 0 Å². The molecule has 0 heterocycles. The second-order valence-electron chi connectivity index (χ2n) is 5.40. The van der Waals surface area contributed by atoms with Crippen LogP contribution in [0.2, 0.25) is 0 Å². The van der Waals surface area contributed by atoms with Crippen LogP contribution in [0.3, 0.4) is 0 Å². The SMILES string of the molecule is Cc1ccc(NC(=O)CSCC(=O)Nc2ccc(F)cc2)cc1C. The molecule has 0 radical (unpaired) electrons. The number of nitrogens with one attached hydrogen (secondary N) is 2. The van der Waals surface area contributed by atoms with Crippen LogP contribution in [0.5, 0.6) is 0 Å². The molecule has 2 N–H and O–H groups in total. The zero-order valence-corrected chi connectivity index (χ0v) is 14.4. The van der Waals surface area contributed by atoms with Crippen LogP contribution >= 0.6 is 11.8 Å². The van der Waals surface area contributed by atoms with Gasteiger partial charge in [0, 0.05) is 11.4 Å². The first-order valence-electron chi connectivity index (χ1n) is 7.44. The van der Waals surface area contributed by atoms with Crippen molar-refractivity contribution in [2.45, 2.75) is 13.8 Å². The van der Waals surface area contributed by atoms with Gasteiger partial charge >= 0.3 is 0 Å². The maximum Gasteiger partial charge on any atom is 0.234 e. The number of benzene rings is 2. The van der Waals surface area contributed by atoms with E-state index in [0.29, 0.717) is 5.69 Å². The third-order valence-electron chi connectivity index (χ3n) is 3.38. The molecule has 0 spiro atoms. The van der Waals surface area contributed by atoms with Crippen LogP contribution in [0, 0.1) is 19.7 Å². The predicted molar refractivity (Wildman–Crippen MR) is 96.9 cm³/mol. The second-order valence-corrected chi connectivity index (χ2v) is 6.38. The van der Waals surface area contributed by atoms with Crippen molar-refractivity contribution in [2.24, 2.45) is 0 Å². The zero-order chi connectivity index (χ0) is 17.5. The minimum absolute atomic E-state index is 0.151. The molecule has 0 aliphatic heterocycles. The molecular weight excluding hydrogens is 327 g/mol. The Morgan fingerprint density at radius 2 is 1.42 bits per heavy atom. The largest absolute Gasteiger partial charge is 0.325 e. The molecule has 2 rings (SSSR count). The summed E-state index contributed by atoms with van der Waals surface area (Å²) in [5.41, 5.74) is 3.56. The van der Waals surface area contributed by atoms with Gasteiger partial charge in [-0.2, -0.15) is 0 Å². The molecule has 126 valence electrons. The van der Waals surface area contributed by atoms with Gasteiger partial charge in [-0.1, -0.05) is 6.07 Å². The summed E-state index contributed by atoms with van der Waals surface area (Å²) < 4.78 is 12.8. The Bertz CT molecular complexity index is 732. The monoisotopic (exact) mass is 346 g/mol. The van der Waals surface area contributed by atoms with E-state index in [1.807, 2.05) is 32.0 Å². The van der Waals surface area contributed by atoms with Crippen LogP contribution < -0.4 is 10.6 Å². The number of halogens is 1. The number of rotatable bonds is 6. The third kappa shape index (κ3) is 5.70. The van der Waals surface area contributed by atoms with E-state index in [-0.39, 0.29) is 29.1 Å². The van der Waals surface area contributed by atoms with E-state index in [2.05, 4.69) is 10.6 Å². The van der Waals surface area contributed by atoms with Gasteiger partial charge in [-0.15, -0.1) is 11.8 Å². The third-order valence-corrected chi connectivity index (χ3v) is 4.32. The van der Waals surface area contributed by atoms with Gasteiger partial charge < -0.3 is 10.6 Å². The average molecular weight is 346 g/mol. The van der Waals surface area contributed by atoms with Gasteiger partial charge in [0.15, 0.2) is 0 Å². The molecule has 0 aliphatic rings. The quantitative estimate of drug-likeness (QED) is 0.837. The molecule has 4 nitrogen and oxygen atoms in total. The summed E-state index contributed by atoms with van der Waals surface area (Å²) >= 11 is 1.22. The predicted octanol–water partition coefficient (Wildman–Crippen LogP) is 3.75. The number of carbonyl (C=O) groups excluding carboxylic acids is 2. The Hall–Kier alpha value is -2.34. The molecule has 0 atom stereocenters. The molecular formula is C18H19FN2O2S. The van der Waals surface area contributed by atoms with Crippen molar-refractivity contribution in [3.63, 3.8) is 0 Å². The van der Waals surface area contributed by atoms with Gasteiger partial charge in [-0.05, 0) is 61.4 Å². The van der Waals surface area contributed by atoms with Gasteiger partial charge in [0.1, 0.15) is 5.82 Å². The molecule has 0 unspecified atom stereocenters. The molecule has 0 fully saturated rings. The lowest BCUT2D eigenvalue weighted by molar-refractivity contribution is -0.114. The molecule has 0 aromatic heterocycles. The van der Waals surface area contributed by atoms with E-state index in [1.165, 1.54) is 41.6 Å². The minimum Gasteiger partial charge on any atom is -0.325 e. The van der Waals surface area contributed by atoms with Gasteiger partial charge in [-0.3, -0.25) is 9.59 Å². The fourth-order valence-corrected chi connectivity index (χ4v) is 2.60. The summed E-state index contributed by atoms with van der Waals surface area (Å²) in [6.45, 7) is 4.00. The lowest BCUT2D eigenvalue weighted by Crippen LogP contribution is -2.18. The number of thioether (sulfide) groups is 1. The molecule has 0 bridgehead atoms. The Morgan fingerprint density at radius 3 is 2.00 bits per heavy atom. The molecule has 2 aromatic carbocycles. The number of hydrogen-bond acceptors (Lipinski definition) is 3. The number of amides is 2. The van der Waals surface area contributed by atoms with Gasteiger partial charge in [0.25, 0.3) is 0 Å². The topological polar surface area (TPSA) is 58.2 Å². The van der Waals surface area contributed by atoms with E-state index in [0.717, 1.165) is 11.3 Å². The first kappa shape index (κ1) is 18.0. The first-order valence-corrected chi connectivity index (χ1v) is 8.60. The Morgan fingerprint density at radius 1 is 0.875 bits per heavy atom. The molecule has 2 aromatic rings. The van der Waals surface area contributed by atoms with Crippen LogP contribution in [-0.4, -0.2) is 23.3 Å². The highest BCUT2D eigenvalue weighted by Gasteiger charge is 2.07. The van der Waals surface area contributed by atoms with Gasteiger partial charge in [0.2, 0.25) is 11.8 Å². The summed E-state index contributed by atoms with van der Waals surface area (Å²) in [5.74, 6) is -0.407. The van der Waals surface area contributed by atoms with Crippen molar-refractivity contribution < 1.29 is 14.0 Å². The van der Waals surface area contributed by atoms with Gasteiger partial charge in [0.05, 0.1) is 11.5 Å². The van der Waals surface area contributed by atoms with Crippen molar-refractivity contribution >= 4 is 35.0 Å². The molecule has 0 saturated heterocycles. The lowest BCUT2D eigenvalue weighted by atomic mass is 10.1. The Labute approximate surface area is 144 Å². The summed E-state index contributed by atoms with van der Waals surface area (Å²) in [4.78, 5) is 23.6. The molecule has 6 heteroatoms. The van der Waals surface area contributed by atoms with Crippen molar-refractivity contribution in [3.05, 3.63) is 59.4 Å². The van der Waals surface area contributed by atoms with Crippen molar-refractivity contribution in [3.8, 4) is 0 Å². The minimum atomic E-state index is -0.356. The zero-order valence-electron chi connectivity index (χ0n) is 13.6. The smallest absolute Gasteiger partial charge is 0.234 e. The van der Waals surface area contributed by atoms with Crippen LogP contribution in [0.1, 0.15) is 11.1 Å². The second kappa shape index (κ2) is 8.49. The van der Waals surface area contributed by atoms with E-state index >= 15 is 0 Å². The normalized spacial score (nSPS) is 10.3. The van der Waals surface area contributed by atoms with E-state index in [1.54, 1.807) is 0 Å². The molecule has 24 heavy (non-hydrogen) atoms. The van der Waals surface area contributed by atoms with Crippen LogP contribution in [-0.2, 0) is 9.59 Å².